The van der Waals surface area contributed by atoms with Crippen LogP contribution in [0.3, 0.4) is 0 Å². The Morgan fingerprint density at radius 1 is 1.48 bits per heavy atom. The summed E-state index contributed by atoms with van der Waals surface area (Å²) in [5.41, 5.74) is 6.85. The summed E-state index contributed by atoms with van der Waals surface area (Å²) < 4.78 is 1.06. The van der Waals surface area contributed by atoms with Gasteiger partial charge in [-0.3, -0.25) is 9.69 Å². The number of rotatable bonds is 5. The Morgan fingerprint density at radius 2 is 2.24 bits per heavy atom. The SMILES string of the molecule is CN(CC(=O)Nc1ccc(Cl)cc1N)Cc1cc(Br)cs1. The smallest absolute Gasteiger partial charge is 0.238 e. The molecule has 0 radical (unpaired) electrons. The maximum absolute atomic E-state index is 12.0. The number of carbonyl (C=O) groups excluding carboxylic acids is 1. The molecule has 2 rings (SSSR count). The number of nitrogens with one attached hydrogen (secondary N) is 1. The lowest BCUT2D eigenvalue weighted by molar-refractivity contribution is -0.117. The van der Waals surface area contributed by atoms with Crippen LogP contribution in [-0.2, 0) is 11.3 Å². The summed E-state index contributed by atoms with van der Waals surface area (Å²) in [5.74, 6) is -0.109. The van der Waals surface area contributed by atoms with Gasteiger partial charge in [0.15, 0.2) is 0 Å². The van der Waals surface area contributed by atoms with Gasteiger partial charge in [0.2, 0.25) is 5.91 Å². The molecule has 1 aromatic heterocycles. The second-order valence-corrected chi connectivity index (χ2v) is 7.03. The molecule has 0 saturated heterocycles. The summed E-state index contributed by atoms with van der Waals surface area (Å²) in [7, 11) is 1.90. The fourth-order valence-corrected chi connectivity index (χ4v) is 3.55. The minimum absolute atomic E-state index is 0.109. The van der Waals surface area contributed by atoms with Gasteiger partial charge in [-0.2, -0.15) is 0 Å². The number of benzene rings is 1. The third-order valence-corrected chi connectivity index (χ3v) is 4.67. The number of halogens is 2. The molecule has 7 heteroatoms. The van der Waals surface area contributed by atoms with Crippen LogP contribution in [-0.4, -0.2) is 24.4 Å². The highest BCUT2D eigenvalue weighted by atomic mass is 79.9. The number of thiophene rings is 1. The number of anilines is 2. The molecule has 3 N–H and O–H groups in total. The van der Waals surface area contributed by atoms with Gasteiger partial charge in [0.05, 0.1) is 17.9 Å². The first-order valence-electron chi connectivity index (χ1n) is 6.20. The lowest BCUT2D eigenvalue weighted by atomic mass is 10.2. The Balaban J connectivity index is 1.89. The lowest BCUT2D eigenvalue weighted by Crippen LogP contribution is -2.29. The average Bonchev–Trinajstić information content (AvgIpc) is 2.78. The van der Waals surface area contributed by atoms with Crippen LogP contribution in [0.25, 0.3) is 0 Å². The molecule has 0 bridgehead atoms. The predicted molar refractivity (Wildman–Crippen MR) is 92.8 cm³/mol. The van der Waals surface area contributed by atoms with Gasteiger partial charge < -0.3 is 11.1 Å². The first kappa shape index (κ1) is 16.3. The van der Waals surface area contributed by atoms with Gasteiger partial charge in [-0.05, 0) is 47.2 Å². The predicted octanol–water partition coefficient (Wildman–Crippen LogP) is 3.82. The molecule has 0 atom stereocenters. The monoisotopic (exact) mass is 387 g/mol. The Hall–Kier alpha value is -1.08. The number of nitrogens with two attached hydrogens (primary N) is 1. The molecule has 0 aliphatic rings. The Morgan fingerprint density at radius 3 is 2.86 bits per heavy atom. The average molecular weight is 389 g/mol. The van der Waals surface area contributed by atoms with Crippen LogP contribution in [0.5, 0.6) is 0 Å². The van der Waals surface area contributed by atoms with E-state index in [0.29, 0.717) is 16.4 Å². The van der Waals surface area contributed by atoms with Crippen molar-refractivity contribution in [3.05, 3.63) is 44.0 Å². The molecular formula is C14H15BrClN3OS. The normalized spacial score (nSPS) is 10.9. The molecule has 0 unspecified atom stereocenters. The quantitative estimate of drug-likeness (QED) is 0.766. The zero-order chi connectivity index (χ0) is 15.4. The van der Waals surface area contributed by atoms with Crippen molar-refractivity contribution in [3.63, 3.8) is 0 Å². The van der Waals surface area contributed by atoms with Crippen molar-refractivity contribution in [2.45, 2.75) is 6.54 Å². The topological polar surface area (TPSA) is 58.4 Å². The molecular weight excluding hydrogens is 374 g/mol. The molecule has 0 aliphatic carbocycles. The van der Waals surface area contributed by atoms with Crippen molar-refractivity contribution in [1.82, 2.24) is 4.90 Å². The highest BCUT2D eigenvalue weighted by molar-refractivity contribution is 9.10. The molecule has 1 amide bonds. The van der Waals surface area contributed by atoms with Gasteiger partial charge >= 0.3 is 0 Å². The Bertz CT molecular complexity index is 647. The summed E-state index contributed by atoms with van der Waals surface area (Å²) in [6.07, 6.45) is 0. The molecule has 1 aromatic carbocycles. The molecule has 0 saturated carbocycles. The van der Waals surface area contributed by atoms with E-state index >= 15 is 0 Å². The van der Waals surface area contributed by atoms with E-state index in [2.05, 4.69) is 27.3 Å². The van der Waals surface area contributed by atoms with E-state index in [1.807, 2.05) is 17.3 Å². The molecule has 4 nitrogen and oxygen atoms in total. The van der Waals surface area contributed by atoms with E-state index in [1.54, 1.807) is 29.5 Å². The number of amides is 1. The van der Waals surface area contributed by atoms with Crippen LogP contribution >= 0.6 is 38.9 Å². The zero-order valence-corrected chi connectivity index (χ0v) is 14.6. The van der Waals surface area contributed by atoms with Gasteiger partial charge in [0.1, 0.15) is 0 Å². The van der Waals surface area contributed by atoms with Gasteiger partial charge in [-0.1, -0.05) is 11.6 Å². The van der Waals surface area contributed by atoms with Crippen molar-refractivity contribution >= 4 is 56.1 Å². The van der Waals surface area contributed by atoms with Crippen molar-refractivity contribution < 1.29 is 4.79 Å². The first-order chi connectivity index (χ1) is 9.94. The Labute approximate surface area is 141 Å². The molecule has 21 heavy (non-hydrogen) atoms. The summed E-state index contributed by atoms with van der Waals surface area (Å²) >= 11 is 10.9. The van der Waals surface area contributed by atoms with E-state index in [0.717, 1.165) is 11.0 Å². The maximum atomic E-state index is 12.0. The number of carbonyl (C=O) groups is 1. The van der Waals surface area contributed by atoms with Crippen LogP contribution in [0.2, 0.25) is 5.02 Å². The van der Waals surface area contributed by atoms with Crippen molar-refractivity contribution in [2.75, 3.05) is 24.6 Å². The van der Waals surface area contributed by atoms with Crippen LogP contribution in [0, 0.1) is 0 Å². The highest BCUT2D eigenvalue weighted by Crippen LogP contribution is 2.23. The standard InChI is InChI=1S/C14H15BrClN3OS/c1-19(6-11-4-9(15)8-21-11)7-14(20)18-13-3-2-10(16)5-12(13)17/h2-5,8H,6-7,17H2,1H3,(H,18,20). The second kappa shape index (κ2) is 7.26. The summed E-state index contributed by atoms with van der Waals surface area (Å²) in [5, 5.41) is 5.36. The summed E-state index contributed by atoms with van der Waals surface area (Å²) in [4.78, 5) is 15.1. The van der Waals surface area contributed by atoms with Gasteiger partial charge in [-0.15, -0.1) is 11.3 Å². The van der Waals surface area contributed by atoms with E-state index in [1.165, 1.54) is 4.88 Å². The van der Waals surface area contributed by atoms with E-state index in [-0.39, 0.29) is 12.5 Å². The maximum Gasteiger partial charge on any atom is 0.238 e. The largest absolute Gasteiger partial charge is 0.397 e. The van der Waals surface area contributed by atoms with Crippen LogP contribution < -0.4 is 11.1 Å². The number of hydrogen-bond acceptors (Lipinski definition) is 4. The molecule has 1 heterocycles. The van der Waals surface area contributed by atoms with Gasteiger partial charge in [0.25, 0.3) is 0 Å². The van der Waals surface area contributed by atoms with Gasteiger partial charge in [-0.25, -0.2) is 0 Å². The number of likely N-dealkylation sites (N-methyl/N-ethyl adjacent to an activating group) is 1. The fourth-order valence-electron chi connectivity index (χ4n) is 1.84. The molecule has 0 spiro atoms. The molecule has 2 aromatic rings. The third kappa shape index (κ3) is 5.00. The number of nitrogens with zero attached hydrogens (tertiary/aromatic N) is 1. The van der Waals surface area contributed by atoms with Crippen molar-refractivity contribution in [1.29, 1.82) is 0 Å². The second-order valence-electron chi connectivity index (χ2n) is 4.68. The Kier molecular flexibility index (Phi) is 5.64. The van der Waals surface area contributed by atoms with Crippen molar-refractivity contribution in [2.24, 2.45) is 0 Å². The molecule has 0 fully saturated rings. The highest BCUT2D eigenvalue weighted by Gasteiger charge is 2.10. The zero-order valence-electron chi connectivity index (χ0n) is 11.4. The van der Waals surface area contributed by atoms with Crippen LogP contribution in [0.1, 0.15) is 4.88 Å². The lowest BCUT2D eigenvalue weighted by Gasteiger charge is -2.16. The third-order valence-electron chi connectivity index (χ3n) is 2.75. The number of nitrogen functional groups attached to an aromatic ring is 1. The van der Waals surface area contributed by atoms with Crippen LogP contribution in [0.4, 0.5) is 11.4 Å². The summed E-state index contributed by atoms with van der Waals surface area (Å²) in [6.45, 7) is 1.01. The summed E-state index contributed by atoms with van der Waals surface area (Å²) in [6, 6.07) is 7.06. The number of hydrogen-bond donors (Lipinski definition) is 2. The van der Waals surface area contributed by atoms with E-state index in [9.17, 15) is 4.79 Å². The fraction of sp³-hybridized carbons (Fsp3) is 0.214. The van der Waals surface area contributed by atoms with Crippen molar-refractivity contribution in [3.8, 4) is 0 Å². The van der Waals surface area contributed by atoms with E-state index in [4.69, 9.17) is 17.3 Å². The minimum Gasteiger partial charge on any atom is -0.397 e. The first-order valence-corrected chi connectivity index (χ1v) is 8.25. The molecule has 0 aliphatic heterocycles. The molecule has 112 valence electrons. The minimum atomic E-state index is -0.109. The van der Waals surface area contributed by atoms with Crippen LogP contribution in [0.15, 0.2) is 34.1 Å². The van der Waals surface area contributed by atoms with E-state index < -0.39 is 0 Å². The van der Waals surface area contributed by atoms with Gasteiger partial charge in [0, 0.05) is 26.3 Å².